The molecule has 1 unspecified atom stereocenters. The van der Waals surface area contributed by atoms with Crippen LogP contribution in [-0.2, 0) is 7.05 Å². The lowest BCUT2D eigenvalue weighted by Crippen LogP contribution is -2.34. The highest BCUT2D eigenvalue weighted by atomic mass is 35.5. The summed E-state index contributed by atoms with van der Waals surface area (Å²) in [5.74, 6) is 0.0666. The topological polar surface area (TPSA) is 54.3 Å². The molecule has 1 heterocycles. The van der Waals surface area contributed by atoms with Crippen LogP contribution >= 0.6 is 23.2 Å². The smallest absolute Gasteiger partial charge is 0.268 e. The highest BCUT2D eigenvalue weighted by Gasteiger charge is 2.30. The summed E-state index contributed by atoms with van der Waals surface area (Å²) in [7, 11) is 1.67. The molecule has 1 aromatic heterocycles. The molecule has 1 fully saturated rings. The molecule has 1 aliphatic rings. The Morgan fingerprint density at radius 1 is 1.65 bits per heavy atom. The van der Waals surface area contributed by atoms with Crippen molar-refractivity contribution in [3.8, 4) is 0 Å². The molecular formula is C11H14Cl2N2O2. The van der Waals surface area contributed by atoms with Gasteiger partial charge in [0.1, 0.15) is 10.8 Å². The molecule has 1 amide bonds. The lowest BCUT2D eigenvalue weighted by atomic mass is 10.2. The zero-order valence-electron chi connectivity index (χ0n) is 9.41. The predicted molar refractivity (Wildman–Crippen MR) is 66.5 cm³/mol. The summed E-state index contributed by atoms with van der Waals surface area (Å²) in [6.07, 6.45) is 1.63. The van der Waals surface area contributed by atoms with Gasteiger partial charge in [-0.15, -0.1) is 0 Å². The molecule has 1 saturated carbocycles. The Balaban J connectivity index is 1.96. The van der Waals surface area contributed by atoms with E-state index in [0.29, 0.717) is 21.8 Å². The van der Waals surface area contributed by atoms with Crippen molar-refractivity contribution in [2.45, 2.75) is 18.9 Å². The van der Waals surface area contributed by atoms with Crippen LogP contribution in [0.3, 0.4) is 0 Å². The zero-order valence-corrected chi connectivity index (χ0v) is 10.9. The van der Waals surface area contributed by atoms with E-state index in [-0.39, 0.29) is 12.5 Å². The number of nitrogens with zero attached hydrogens (tertiary/aromatic N) is 1. The number of hydrogen-bond donors (Lipinski definition) is 2. The first-order chi connectivity index (χ1) is 8.00. The Morgan fingerprint density at radius 2 is 2.29 bits per heavy atom. The van der Waals surface area contributed by atoms with E-state index < -0.39 is 6.10 Å². The van der Waals surface area contributed by atoms with E-state index in [1.807, 2.05) is 0 Å². The molecule has 2 rings (SSSR count). The average Bonchev–Trinajstić information content (AvgIpc) is 3.10. The van der Waals surface area contributed by atoms with Gasteiger partial charge in [0.15, 0.2) is 0 Å². The van der Waals surface area contributed by atoms with Crippen molar-refractivity contribution in [1.29, 1.82) is 0 Å². The van der Waals surface area contributed by atoms with Gasteiger partial charge in [-0.2, -0.15) is 0 Å². The molecule has 0 aliphatic heterocycles. The van der Waals surface area contributed by atoms with Gasteiger partial charge in [0.25, 0.3) is 5.91 Å². The summed E-state index contributed by atoms with van der Waals surface area (Å²) in [5, 5.41) is 13.0. The van der Waals surface area contributed by atoms with Crippen LogP contribution in [0.15, 0.2) is 6.07 Å². The zero-order chi connectivity index (χ0) is 12.6. The summed E-state index contributed by atoms with van der Waals surface area (Å²) in [4.78, 5) is 11.8. The van der Waals surface area contributed by atoms with E-state index in [9.17, 15) is 9.90 Å². The lowest BCUT2D eigenvalue weighted by Gasteiger charge is -2.11. The lowest BCUT2D eigenvalue weighted by molar-refractivity contribution is 0.0893. The maximum Gasteiger partial charge on any atom is 0.268 e. The molecule has 1 aromatic rings. The molecule has 0 bridgehead atoms. The molecule has 2 N–H and O–H groups in total. The van der Waals surface area contributed by atoms with Gasteiger partial charge >= 0.3 is 0 Å². The number of carbonyl (C=O) groups excluding carboxylic acids is 1. The summed E-state index contributed by atoms with van der Waals surface area (Å²) >= 11 is 11.7. The first kappa shape index (κ1) is 12.7. The van der Waals surface area contributed by atoms with Crippen LogP contribution < -0.4 is 5.32 Å². The summed E-state index contributed by atoms with van der Waals surface area (Å²) in [6.45, 7) is 0.268. The van der Waals surface area contributed by atoms with Gasteiger partial charge in [-0.3, -0.25) is 4.79 Å². The Hall–Kier alpha value is -0.710. The Bertz CT molecular complexity index is 441. The minimum atomic E-state index is -0.454. The maximum atomic E-state index is 11.8. The minimum absolute atomic E-state index is 0.268. The summed E-state index contributed by atoms with van der Waals surface area (Å²) in [6, 6.07) is 1.52. The highest BCUT2D eigenvalue weighted by Crippen LogP contribution is 2.32. The van der Waals surface area contributed by atoms with E-state index in [1.54, 1.807) is 7.05 Å². The maximum absolute atomic E-state index is 11.8. The van der Waals surface area contributed by atoms with Crippen molar-refractivity contribution in [1.82, 2.24) is 9.88 Å². The van der Waals surface area contributed by atoms with Crippen LogP contribution in [0.4, 0.5) is 0 Å². The fourth-order valence-corrected chi connectivity index (χ4v) is 2.07. The van der Waals surface area contributed by atoms with E-state index >= 15 is 0 Å². The number of amides is 1. The number of halogens is 2. The second kappa shape index (κ2) is 4.88. The quantitative estimate of drug-likeness (QED) is 0.882. The molecule has 0 spiro atoms. The van der Waals surface area contributed by atoms with E-state index in [0.717, 1.165) is 12.8 Å². The molecule has 0 saturated heterocycles. The Morgan fingerprint density at radius 3 is 2.76 bits per heavy atom. The monoisotopic (exact) mass is 276 g/mol. The van der Waals surface area contributed by atoms with Crippen LogP contribution in [0.5, 0.6) is 0 Å². The van der Waals surface area contributed by atoms with Crippen LogP contribution in [-0.4, -0.2) is 28.2 Å². The van der Waals surface area contributed by atoms with Gasteiger partial charge in [-0.1, -0.05) is 23.2 Å². The third-order valence-electron chi connectivity index (χ3n) is 2.99. The number of aliphatic hydroxyl groups is 1. The van der Waals surface area contributed by atoms with Crippen LogP contribution in [0.1, 0.15) is 23.3 Å². The largest absolute Gasteiger partial charge is 0.391 e. The fraction of sp³-hybridized carbons (Fsp3) is 0.545. The highest BCUT2D eigenvalue weighted by molar-refractivity contribution is 6.41. The van der Waals surface area contributed by atoms with Gasteiger partial charge in [-0.25, -0.2) is 0 Å². The van der Waals surface area contributed by atoms with Crippen molar-refractivity contribution in [3.05, 3.63) is 21.9 Å². The molecule has 0 aromatic carbocycles. The number of aliphatic hydroxyl groups excluding tert-OH is 1. The van der Waals surface area contributed by atoms with Gasteiger partial charge in [0.05, 0.1) is 11.1 Å². The van der Waals surface area contributed by atoms with Gasteiger partial charge in [-0.05, 0) is 24.8 Å². The van der Waals surface area contributed by atoms with Crippen molar-refractivity contribution in [2.75, 3.05) is 6.54 Å². The first-order valence-electron chi connectivity index (χ1n) is 5.47. The number of aromatic nitrogens is 1. The van der Waals surface area contributed by atoms with Gasteiger partial charge < -0.3 is 15.0 Å². The van der Waals surface area contributed by atoms with Gasteiger partial charge in [0, 0.05) is 13.6 Å². The standard InChI is InChI=1S/C11H14Cl2N2O2/c1-15-8(4-7(12)10(15)13)11(17)14-5-9(16)6-2-3-6/h4,6,9,16H,2-3,5H2,1H3,(H,14,17). The molecule has 1 atom stereocenters. The van der Waals surface area contributed by atoms with E-state index in [2.05, 4.69) is 5.32 Å². The molecule has 1 aliphatic carbocycles. The molecular weight excluding hydrogens is 263 g/mol. The van der Waals surface area contributed by atoms with Gasteiger partial charge in [0.2, 0.25) is 0 Å². The Kier molecular flexibility index (Phi) is 3.66. The molecule has 4 nitrogen and oxygen atoms in total. The van der Waals surface area contributed by atoms with E-state index in [4.69, 9.17) is 23.2 Å². The molecule has 6 heteroatoms. The number of carbonyl (C=O) groups is 1. The average molecular weight is 277 g/mol. The minimum Gasteiger partial charge on any atom is -0.391 e. The van der Waals surface area contributed by atoms with Crippen LogP contribution in [0, 0.1) is 5.92 Å². The van der Waals surface area contributed by atoms with Crippen molar-refractivity contribution in [2.24, 2.45) is 13.0 Å². The van der Waals surface area contributed by atoms with Crippen molar-refractivity contribution < 1.29 is 9.90 Å². The normalized spacial score (nSPS) is 16.9. The SMILES string of the molecule is Cn1c(C(=O)NCC(O)C2CC2)cc(Cl)c1Cl. The number of nitrogens with one attached hydrogen (secondary N) is 1. The van der Waals surface area contributed by atoms with Crippen molar-refractivity contribution in [3.63, 3.8) is 0 Å². The van der Waals surface area contributed by atoms with Crippen LogP contribution in [0.25, 0.3) is 0 Å². The third-order valence-corrected chi connectivity index (χ3v) is 3.83. The first-order valence-corrected chi connectivity index (χ1v) is 6.23. The second-order valence-electron chi connectivity index (χ2n) is 4.34. The molecule has 94 valence electrons. The summed E-state index contributed by atoms with van der Waals surface area (Å²) < 4.78 is 1.52. The molecule has 0 radical (unpaired) electrons. The fourth-order valence-electron chi connectivity index (χ4n) is 1.70. The Labute approximate surface area is 110 Å². The predicted octanol–water partition coefficient (Wildman–Crippen LogP) is 1.83. The third kappa shape index (κ3) is 2.76. The summed E-state index contributed by atoms with van der Waals surface area (Å²) in [5.41, 5.74) is 0.392. The number of hydrogen-bond acceptors (Lipinski definition) is 2. The second-order valence-corrected chi connectivity index (χ2v) is 5.11. The molecule has 17 heavy (non-hydrogen) atoms. The van der Waals surface area contributed by atoms with E-state index in [1.165, 1.54) is 10.6 Å². The van der Waals surface area contributed by atoms with Crippen LogP contribution in [0.2, 0.25) is 10.2 Å². The number of rotatable bonds is 4. The van der Waals surface area contributed by atoms with Crippen molar-refractivity contribution >= 4 is 29.1 Å².